The monoisotopic (exact) mass is 321 g/mol. The van der Waals surface area contributed by atoms with Gasteiger partial charge >= 0.3 is 0 Å². The first kappa shape index (κ1) is 14.4. The van der Waals surface area contributed by atoms with Crippen LogP contribution < -0.4 is 5.32 Å². The molecule has 0 bridgehead atoms. The molecule has 1 aromatic rings. The van der Waals surface area contributed by atoms with Gasteiger partial charge in [0.2, 0.25) is 0 Å². The van der Waals surface area contributed by atoms with Crippen LogP contribution in [0.25, 0.3) is 0 Å². The van der Waals surface area contributed by atoms with E-state index in [-0.39, 0.29) is 0 Å². The highest BCUT2D eigenvalue weighted by Gasteiger charge is 2.04. The summed E-state index contributed by atoms with van der Waals surface area (Å²) < 4.78 is 1.07. The van der Waals surface area contributed by atoms with Gasteiger partial charge in [-0.05, 0) is 49.1 Å². The fourth-order valence-electron chi connectivity index (χ4n) is 1.36. The van der Waals surface area contributed by atoms with Crippen LogP contribution in [0.2, 0.25) is 5.02 Å². The van der Waals surface area contributed by atoms with Gasteiger partial charge in [0.25, 0.3) is 0 Å². The van der Waals surface area contributed by atoms with Gasteiger partial charge in [0.05, 0.1) is 0 Å². The Hall–Kier alpha value is 0.300. The molecule has 0 spiro atoms. The Kier molecular flexibility index (Phi) is 6.81. The number of rotatable bonds is 6. The minimum absolute atomic E-state index is 0.530. The van der Waals surface area contributed by atoms with Gasteiger partial charge in [0.1, 0.15) is 0 Å². The molecule has 0 saturated heterocycles. The van der Waals surface area contributed by atoms with Crippen LogP contribution in [0.15, 0.2) is 22.7 Å². The molecular weight excluding hydrogens is 306 g/mol. The van der Waals surface area contributed by atoms with Crippen molar-refractivity contribution >= 4 is 39.3 Å². The van der Waals surface area contributed by atoms with Gasteiger partial charge in [-0.2, -0.15) is 11.8 Å². The van der Waals surface area contributed by atoms with E-state index in [0.29, 0.717) is 6.04 Å². The Morgan fingerprint density at radius 3 is 2.94 bits per heavy atom. The fourth-order valence-corrected chi connectivity index (χ4v) is 2.54. The molecule has 0 saturated carbocycles. The van der Waals surface area contributed by atoms with Crippen molar-refractivity contribution in [1.82, 2.24) is 5.32 Å². The molecule has 1 N–H and O–H groups in total. The third-order valence-corrected chi connectivity index (χ3v) is 3.91. The third kappa shape index (κ3) is 5.09. The molecule has 1 unspecified atom stereocenters. The third-order valence-electron chi connectivity index (χ3n) is 2.40. The number of halogens is 2. The molecule has 1 nitrogen and oxygen atoms in total. The molecule has 4 heteroatoms. The van der Waals surface area contributed by atoms with Gasteiger partial charge in [0, 0.05) is 22.1 Å². The average molecular weight is 323 g/mol. The molecule has 1 rings (SSSR count). The van der Waals surface area contributed by atoms with Crippen molar-refractivity contribution in [2.75, 3.05) is 12.0 Å². The standard InChI is InChI=1S/C12H17BrClNS/c1-9(5-6-16-2)15-8-10-7-11(13)3-4-12(10)14/h3-4,7,9,15H,5-6,8H2,1-2H3. The molecular formula is C12H17BrClNS. The van der Waals surface area contributed by atoms with E-state index in [9.17, 15) is 0 Å². The first-order valence-electron chi connectivity index (χ1n) is 5.29. The number of benzene rings is 1. The predicted molar refractivity (Wildman–Crippen MR) is 78.5 cm³/mol. The highest BCUT2D eigenvalue weighted by Crippen LogP contribution is 2.20. The van der Waals surface area contributed by atoms with E-state index in [0.717, 1.165) is 21.6 Å². The van der Waals surface area contributed by atoms with Gasteiger partial charge in [-0.15, -0.1) is 0 Å². The molecule has 0 fully saturated rings. The van der Waals surface area contributed by atoms with Crippen LogP contribution in [0.5, 0.6) is 0 Å². The Morgan fingerprint density at radius 1 is 1.50 bits per heavy atom. The van der Waals surface area contributed by atoms with E-state index in [1.165, 1.54) is 12.2 Å². The fraction of sp³-hybridized carbons (Fsp3) is 0.500. The Morgan fingerprint density at radius 2 is 2.25 bits per heavy atom. The van der Waals surface area contributed by atoms with Crippen LogP contribution >= 0.6 is 39.3 Å². The second-order valence-corrected chi connectivity index (χ2v) is 6.11. The van der Waals surface area contributed by atoms with Crippen LogP contribution in [-0.4, -0.2) is 18.1 Å². The zero-order chi connectivity index (χ0) is 12.0. The topological polar surface area (TPSA) is 12.0 Å². The van der Waals surface area contributed by atoms with Crippen molar-refractivity contribution in [2.45, 2.75) is 25.9 Å². The lowest BCUT2D eigenvalue weighted by Crippen LogP contribution is -2.26. The SMILES string of the molecule is CSCCC(C)NCc1cc(Br)ccc1Cl. The van der Waals surface area contributed by atoms with Crippen LogP contribution in [-0.2, 0) is 6.54 Å². The van der Waals surface area contributed by atoms with E-state index < -0.39 is 0 Å². The summed E-state index contributed by atoms with van der Waals surface area (Å²) in [6.45, 7) is 3.04. The molecule has 0 radical (unpaired) electrons. The molecule has 0 aliphatic heterocycles. The van der Waals surface area contributed by atoms with E-state index in [1.54, 1.807) is 0 Å². The first-order valence-corrected chi connectivity index (χ1v) is 7.86. The van der Waals surface area contributed by atoms with Crippen molar-refractivity contribution in [1.29, 1.82) is 0 Å². The maximum Gasteiger partial charge on any atom is 0.0451 e. The summed E-state index contributed by atoms with van der Waals surface area (Å²) in [5.41, 5.74) is 1.15. The minimum atomic E-state index is 0.530. The largest absolute Gasteiger partial charge is 0.310 e. The van der Waals surface area contributed by atoms with Gasteiger partial charge < -0.3 is 5.32 Å². The molecule has 0 aliphatic carbocycles. The molecule has 0 aromatic heterocycles. The summed E-state index contributed by atoms with van der Waals surface area (Å²) in [5, 5.41) is 4.31. The van der Waals surface area contributed by atoms with Crippen molar-refractivity contribution in [3.63, 3.8) is 0 Å². The van der Waals surface area contributed by atoms with Crippen molar-refractivity contribution < 1.29 is 0 Å². The molecule has 1 atom stereocenters. The van der Waals surface area contributed by atoms with Crippen molar-refractivity contribution in [2.24, 2.45) is 0 Å². The first-order chi connectivity index (χ1) is 7.63. The number of nitrogens with one attached hydrogen (secondary N) is 1. The van der Waals surface area contributed by atoms with Gasteiger partial charge in [-0.1, -0.05) is 27.5 Å². The smallest absolute Gasteiger partial charge is 0.0451 e. The highest BCUT2D eigenvalue weighted by molar-refractivity contribution is 9.10. The number of hydrogen-bond acceptors (Lipinski definition) is 2. The normalized spacial score (nSPS) is 12.8. The predicted octanol–water partition coefficient (Wildman–Crippen LogP) is 4.33. The summed E-state index contributed by atoms with van der Waals surface area (Å²) in [5.74, 6) is 1.19. The second kappa shape index (κ2) is 7.59. The molecule has 0 heterocycles. The van der Waals surface area contributed by atoms with E-state index in [4.69, 9.17) is 11.6 Å². The van der Waals surface area contributed by atoms with E-state index >= 15 is 0 Å². The zero-order valence-corrected chi connectivity index (χ0v) is 12.8. The number of hydrogen-bond donors (Lipinski definition) is 1. The average Bonchev–Trinajstić information content (AvgIpc) is 2.27. The Balaban J connectivity index is 2.44. The van der Waals surface area contributed by atoms with E-state index in [2.05, 4.69) is 40.5 Å². The highest BCUT2D eigenvalue weighted by atomic mass is 79.9. The maximum absolute atomic E-state index is 6.12. The summed E-state index contributed by atoms with van der Waals surface area (Å²) >= 11 is 11.5. The molecule has 1 aromatic carbocycles. The zero-order valence-electron chi connectivity index (χ0n) is 9.59. The summed E-state index contributed by atoms with van der Waals surface area (Å²) in [7, 11) is 0. The number of thioether (sulfide) groups is 1. The summed E-state index contributed by atoms with van der Waals surface area (Å²) in [4.78, 5) is 0. The van der Waals surface area contributed by atoms with Crippen LogP contribution in [0.1, 0.15) is 18.9 Å². The minimum Gasteiger partial charge on any atom is -0.310 e. The van der Waals surface area contributed by atoms with Gasteiger partial charge in [-0.25, -0.2) is 0 Å². The van der Waals surface area contributed by atoms with Crippen LogP contribution in [0.3, 0.4) is 0 Å². The Bertz CT molecular complexity index is 333. The molecule has 16 heavy (non-hydrogen) atoms. The Labute approximate surface area is 115 Å². The second-order valence-electron chi connectivity index (χ2n) is 3.80. The van der Waals surface area contributed by atoms with E-state index in [1.807, 2.05) is 23.9 Å². The van der Waals surface area contributed by atoms with Crippen LogP contribution in [0.4, 0.5) is 0 Å². The molecule has 90 valence electrons. The molecule has 0 aliphatic rings. The lowest BCUT2D eigenvalue weighted by molar-refractivity contribution is 0.537. The van der Waals surface area contributed by atoms with Crippen LogP contribution in [0, 0.1) is 0 Å². The summed E-state index contributed by atoms with van der Waals surface area (Å²) in [6.07, 6.45) is 3.32. The summed E-state index contributed by atoms with van der Waals surface area (Å²) in [6, 6.07) is 6.48. The quantitative estimate of drug-likeness (QED) is 0.836. The lowest BCUT2D eigenvalue weighted by atomic mass is 10.2. The van der Waals surface area contributed by atoms with Gasteiger partial charge in [-0.3, -0.25) is 0 Å². The molecule has 0 amide bonds. The van der Waals surface area contributed by atoms with Crippen molar-refractivity contribution in [3.8, 4) is 0 Å². The lowest BCUT2D eigenvalue weighted by Gasteiger charge is -2.14. The maximum atomic E-state index is 6.12. The van der Waals surface area contributed by atoms with Gasteiger partial charge in [0.15, 0.2) is 0 Å². The van der Waals surface area contributed by atoms with Crippen molar-refractivity contribution in [3.05, 3.63) is 33.3 Å².